The van der Waals surface area contributed by atoms with Crippen molar-refractivity contribution in [1.82, 2.24) is 9.88 Å². The van der Waals surface area contributed by atoms with Crippen molar-refractivity contribution in [2.75, 3.05) is 13.6 Å². The average Bonchev–Trinajstić information content (AvgIpc) is 3.10. The molecule has 2 atom stereocenters. The average molecular weight is 286 g/mol. The van der Waals surface area contributed by atoms with Gasteiger partial charge in [-0.1, -0.05) is 36.8 Å². The predicted molar refractivity (Wildman–Crippen MR) is 81.6 cm³/mol. The number of aliphatic hydroxyl groups excluding tert-OH is 1. The number of aliphatic hydroxyl groups is 1. The van der Waals surface area contributed by atoms with Crippen LogP contribution in [-0.2, 0) is 6.54 Å². The molecule has 1 aromatic carbocycles. The van der Waals surface area contributed by atoms with Gasteiger partial charge < -0.3 is 9.52 Å². The lowest BCUT2D eigenvalue weighted by Gasteiger charge is -2.21. The molecule has 0 spiro atoms. The van der Waals surface area contributed by atoms with E-state index < -0.39 is 0 Å². The molecule has 1 heterocycles. The summed E-state index contributed by atoms with van der Waals surface area (Å²) in [6.07, 6.45) is 4.83. The van der Waals surface area contributed by atoms with Gasteiger partial charge in [0.2, 0.25) is 5.89 Å². The number of rotatable bonds is 5. The quantitative estimate of drug-likeness (QED) is 0.918. The Bertz CT molecular complexity index is 567. The van der Waals surface area contributed by atoms with Crippen LogP contribution in [0.3, 0.4) is 0 Å². The smallest absolute Gasteiger partial charge is 0.209 e. The van der Waals surface area contributed by atoms with E-state index in [1.165, 1.54) is 0 Å². The Hall–Kier alpha value is -1.65. The zero-order valence-electron chi connectivity index (χ0n) is 12.4. The van der Waals surface area contributed by atoms with E-state index in [0.29, 0.717) is 12.5 Å². The second kappa shape index (κ2) is 6.41. The molecule has 0 radical (unpaired) electrons. The normalized spacial score (nSPS) is 22.0. The van der Waals surface area contributed by atoms with E-state index in [-0.39, 0.29) is 6.10 Å². The summed E-state index contributed by atoms with van der Waals surface area (Å²) in [5, 5.41) is 9.89. The highest BCUT2D eigenvalue weighted by atomic mass is 16.4. The molecule has 1 aliphatic rings. The van der Waals surface area contributed by atoms with Gasteiger partial charge in [-0.15, -0.1) is 0 Å². The number of hydrogen-bond donors (Lipinski definition) is 1. The van der Waals surface area contributed by atoms with Crippen molar-refractivity contribution < 1.29 is 9.52 Å². The van der Waals surface area contributed by atoms with Crippen LogP contribution in [0.5, 0.6) is 0 Å². The molecule has 0 saturated heterocycles. The monoisotopic (exact) mass is 286 g/mol. The van der Waals surface area contributed by atoms with Crippen LogP contribution < -0.4 is 0 Å². The second-order valence-corrected chi connectivity index (χ2v) is 5.94. The van der Waals surface area contributed by atoms with Crippen molar-refractivity contribution in [3.05, 3.63) is 42.4 Å². The molecule has 1 aliphatic carbocycles. The molecule has 2 unspecified atom stereocenters. The van der Waals surface area contributed by atoms with E-state index in [1.807, 2.05) is 30.3 Å². The van der Waals surface area contributed by atoms with Crippen LogP contribution in [0.1, 0.15) is 25.2 Å². The summed E-state index contributed by atoms with van der Waals surface area (Å²) in [6, 6.07) is 10.0. The molecule has 1 N–H and O–H groups in total. The molecular formula is C17H22N2O2. The zero-order valence-corrected chi connectivity index (χ0v) is 12.4. The number of nitrogens with zero attached hydrogens (tertiary/aromatic N) is 2. The lowest BCUT2D eigenvalue weighted by molar-refractivity contribution is 0.105. The van der Waals surface area contributed by atoms with E-state index >= 15 is 0 Å². The maximum atomic E-state index is 9.89. The zero-order chi connectivity index (χ0) is 14.7. The molecule has 0 aliphatic heterocycles. The first-order valence-corrected chi connectivity index (χ1v) is 7.59. The highest BCUT2D eigenvalue weighted by molar-refractivity contribution is 5.55. The molecule has 4 heteroatoms. The summed E-state index contributed by atoms with van der Waals surface area (Å²) < 4.78 is 5.82. The molecular weight excluding hydrogens is 264 g/mol. The molecule has 0 amide bonds. The van der Waals surface area contributed by atoms with Gasteiger partial charge in [-0.3, -0.25) is 4.90 Å². The van der Waals surface area contributed by atoms with Gasteiger partial charge in [0, 0.05) is 12.1 Å². The minimum atomic E-state index is -0.142. The summed E-state index contributed by atoms with van der Waals surface area (Å²) in [4.78, 5) is 6.54. The van der Waals surface area contributed by atoms with E-state index in [2.05, 4.69) is 16.9 Å². The summed E-state index contributed by atoms with van der Waals surface area (Å²) in [7, 11) is 2.05. The molecule has 0 bridgehead atoms. The van der Waals surface area contributed by atoms with E-state index in [0.717, 1.165) is 43.0 Å². The van der Waals surface area contributed by atoms with Crippen LogP contribution in [0, 0.1) is 5.92 Å². The largest absolute Gasteiger partial charge is 0.439 e. The van der Waals surface area contributed by atoms with Crippen LogP contribution >= 0.6 is 0 Å². The van der Waals surface area contributed by atoms with Crippen molar-refractivity contribution >= 4 is 0 Å². The summed E-state index contributed by atoms with van der Waals surface area (Å²) in [5.41, 5.74) is 1.05. The Kier molecular flexibility index (Phi) is 4.36. The van der Waals surface area contributed by atoms with Gasteiger partial charge in [0.05, 0.1) is 18.8 Å². The summed E-state index contributed by atoms with van der Waals surface area (Å²) in [5.74, 6) is 1.92. The second-order valence-electron chi connectivity index (χ2n) is 5.94. The van der Waals surface area contributed by atoms with Crippen LogP contribution in [0.2, 0.25) is 0 Å². The molecule has 2 aromatic rings. The van der Waals surface area contributed by atoms with Crippen molar-refractivity contribution in [1.29, 1.82) is 0 Å². The molecule has 21 heavy (non-hydrogen) atoms. The third-order valence-corrected chi connectivity index (χ3v) is 4.18. The number of benzene rings is 1. The highest BCUT2D eigenvalue weighted by Crippen LogP contribution is 2.26. The Morgan fingerprint density at radius 2 is 2.10 bits per heavy atom. The minimum Gasteiger partial charge on any atom is -0.439 e. The Labute approximate surface area is 125 Å². The highest BCUT2D eigenvalue weighted by Gasteiger charge is 2.26. The topological polar surface area (TPSA) is 49.5 Å². The molecule has 4 nitrogen and oxygen atoms in total. The summed E-state index contributed by atoms with van der Waals surface area (Å²) in [6.45, 7) is 1.57. The van der Waals surface area contributed by atoms with Gasteiger partial charge >= 0.3 is 0 Å². The molecule has 1 aromatic heterocycles. The van der Waals surface area contributed by atoms with Crippen molar-refractivity contribution in [3.8, 4) is 11.3 Å². The van der Waals surface area contributed by atoms with Gasteiger partial charge in [-0.05, 0) is 25.8 Å². The minimum absolute atomic E-state index is 0.142. The molecule has 3 rings (SSSR count). The Morgan fingerprint density at radius 3 is 2.81 bits per heavy atom. The predicted octanol–water partition coefficient (Wildman–Crippen LogP) is 2.93. The van der Waals surface area contributed by atoms with Gasteiger partial charge in [-0.25, -0.2) is 4.98 Å². The van der Waals surface area contributed by atoms with E-state index in [9.17, 15) is 5.11 Å². The van der Waals surface area contributed by atoms with Crippen LogP contribution in [0.25, 0.3) is 11.3 Å². The first-order chi connectivity index (χ1) is 10.2. The Balaban J connectivity index is 1.59. The summed E-state index contributed by atoms with van der Waals surface area (Å²) >= 11 is 0. The fourth-order valence-electron chi connectivity index (χ4n) is 3.05. The fourth-order valence-corrected chi connectivity index (χ4v) is 3.05. The van der Waals surface area contributed by atoms with Gasteiger partial charge in [0.15, 0.2) is 5.76 Å². The third kappa shape index (κ3) is 3.52. The molecule has 112 valence electrons. The standard InChI is InChI=1S/C17H22N2O2/c1-19(11-14-8-5-9-15(14)20)12-17-18-10-16(21-17)13-6-3-2-4-7-13/h2-4,6-7,10,14-15,20H,5,8-9,11-12H2,1H3. The van der Waals surface area contributed by atoms with Crippen molar-refractivity contribution in [2.45, 2.75) is 31.9 Å². The molecule has 1 saturated carbocycles. The van der Waals surface area contributed by atoms with Crippen LogP contribution in [-0.4, -0.2) is 34.7 Å². The van der Waals surface area contributed by atoms with E-state index in [1.54, 1.807) is 6.20 Å². The maximum Gasteiger partial charge on any atom is 0.209 e. The maximum absolute atomic E-state index is 9.89. The molecule has 1 fully saturated rings. The first-order valence-electron chi connectivity index (χ1n) is 7.59. The lowest BCUT2D eigenvalue weighted by Crippen LogP contribution is -2.29. The van der Waals surface area contributed by atoms with Gasteiger partial charge in [0.1, 0.15) is 0 Å². The van der Waals surface area contributed by atoms with Crippen LogP contribution in [0.4, 0.5) is 0 Å². The number of oxazole rings is 1. The first kappa shape index (κ1) is 14.3. The number of hydrogen-bond acceptors (Lipinski definition) is 4. The lowest BCUT2D eigenvalue weighted by atomic mass is 10.1. The Morgan fingerprint density at radius 1 is 1.29 bits per heavy atom. The van der Waals surface area contributed by atoms with Crippen molar-refractivity contribution in [3.63, 3.8) is 0 Å². The van der Waals surface area contributed by atoms with Crippen LogP contribution in [0.15, 0.2) is 40.9 Å². The third-order valence-electron chi connectivity index (χ3n) is 4.18. The van der Waals surface area contributed by atoms with Crippen molar-refractivity contribution in [2.24, 2.45) is 5.92 Å². The SMILES string of the molecule is CN(Cc1ncc(-c2ccccc2)o1)CC1CCCC1O. The fraction of sp³-hybridized carbons (Fsp3) is 0.471. The van der Waals surface area contributed by atoms with Gasteiger partial charge in [0.25, 0.3) is 0 Å². The van der Waals surface area contributed by atoms with E-state index in [4.69, 9.17) is 4.42 Å². The van der Waals surface area contributed by atoms with Gasteiger partial charge in [-0.2, -0.15) is 0 Å². The number of aromatic nitrogens is 1.